The molecule has 0 unspecified atom stereocenters. The van der Waals surface area contributed by atoms with Crippen LogP contribution >= 0.6 is 0 Å². The maximum absolute atomic E-state index is 12.4. The van der Waals surface area contributed by atoms with Gasteiger partial charge in [-0.1, -0.05) is 36.4 Å². The van der Waals surface area contributed by atoms with Crippen LogP contribution in [0.15, 0.2) is 54.6 Å². The van der Waals surface area contributed by atoms with E-state index < -0.39 is 12.5 Å². The largest absolute Gasteiger partial charge is 0.434 e. The van der Waals surface area contributed by atoms with Crippen molar-refractivity contribution in [2.45, 2.75) is 20.1 Å². The minimum Gasteiger partial charge on any atom is -0.434 e. The highest BCUT2D eigenvalue weighted by atomic mass is 19.3. The van der Waals surface area contributed by atoms with Gasteiger partial charge in [0.05, 0.1) is 0 Å². The first-order valence-corrected chi connectivity index (χ1v) is 8.19. The number of ether oxygens (including phenoxy) is 1. The van der Waals surface area contributed by atoms with Gasteiger partial charge in [0.1, 0.15) is 5.75 Å². The first-order chi connectivity index (χ1) is 12.9. The van der Waals surface area contributed by atoms with E-state index in [9.17, 15) is 18.4 Å². The van der Waals surface area contributed by atoms with Crippen LogP contribution in [0.5, 0.6) is 5.75 Å². The van der Waals surface area contributed by atoms with Gasteiger partial charge in [-0.25, -0.2) is 0 Å². The molecule has 142 valence electrons. The van der Waals surface area contributed by atoms with Crippen molar-refractivity contribution in [3.63, 3.8) is 0 Å². The second kappa shape index (κ2) is 9.47. The third-order valence-electron chi connectivity index (χ3n) is 3.77. The molecule has 0 radical (unpaired) electrons. The molecule has 2 rings (SSSR count). The Morgan fingerprint density at radius 2 is 1.81 bits per heavy atom. The van der Waals surface area contributed by atoms with Crippen LogP contribution in [0.25, 0.3) is 6.08 Å². The molecule has 0 fully saturated rings. The molecule has 0 bridgehead atoms. The molecule has 0 saturated heterocycles. The van der Waals surface area contributed by atoms with E-state index in [0.29, 0.717) is 17.8 Å². The summed E-state index contributed by atoms with van der Waals surface area (Å²) in [4.78, 5) is 25.2. The van der Waals surface area contributed by atoms with Gasteiger partial charge >= 0.3 is 6.61 Å². The number of para-hydroxylation sites is 2. The van der Waals surface area contributed by atoms with Gasteiger partial charge in [-0.2, -0.15) is 8.78 Å². The Bertz CT molecular complexity index is 837. The summed E-state index contributed by atoms with van der Waals surface area (Å²) in [6, 6.07) is 13.3. The van der Waals surface area contributed by atoms with Crippen LogP contribution in [0.2, 0.25) is 0 Å². The fourth-order valence-corrected chi connectivity index (χ4v) is 2.31. The molecule has 2 aromatic carbocycles. The third-order valence-corrected chi connectivity index (χ3v) is 3.77. The second-order valence-electron chi connectivity index (χ2n) is 5.77. The van der Waals surface area contributed by atoms with Crippen LogP contribution in [0.1, 0.15) is 18.1 Å². The minimum absolute atomic E-state index is 0.0139. The van der Waals surface area contributed by atoms with E-state index in [0.717, 1.165) is 5.56 Å². The van der Waals surface area contributed by atoms with Crippen molar-refractivity contribution >= 4 is 23.6 Å². The number of hydrogen-bond donors (Lipinski definition) is 1. The lowest BCUT2D eigenvalue weighted by molar-refractivity contribution is -0.128. The Hall–Kier alpha value is -3.22. The van der Waals surface area contributed by atoms with Crippen molar-refractivity contribution in [1.29, 1.82) is 0 Å². The van der Waals surface area contributed by atoms with Crippen molar-refractivity contribution < 1.29 is 23.1 Å². The molecule has 0 atom stereocenters. The van der Waals surface area contributed by atoms with Gasteiger partial charge in [-0.15, -0.1) is 0 Å². The van der Waals surface area contributed by atoms with E-state index in [2.05, 4.69) is 10.1 Å². The van der Waals surface area contributed by atoms with E-state index >= 15 is 0 Å². The molecule has 0 aliphatic rings. The molecule has 0 saturated carbocycles. The molecule has 5 nitrogen and oxygen atoms in total. The number of nitrogens with one attached hydrogen (secondary N) is 1. The number of hydrogen-bond acceptors (Lipinski definition) is 3. The van der Waals surface area contributed by atoms with Crippen LogP contribution in [0.4, 0.5) is 14.5 Å². The van der Waals surface area contributed by atoms with Gasteiger partial charge in [0.15, 0.2) is 0 Å². The molecular formula is C20H20F2N2O3. The number of halogens is 2. The quantitative estimate of drug-likeness (QED) is 0.748. The zero-order valence-corrected chi connectivity index (χ0v) is 15.0. The average molecular weight is 374 g/mol. The summed E-state index contributed by atoms with van der Waals surface area (Å²) in [5.41, 5.74) is 1.70. The number of benzene rings is 2. The Balaban J connectivity index is 2.11. The van der Waals surface area contributed by atoms with E-state index in [1.807, 2.05) is 12.1 Å². The van der Waals surface area contributed by atoms with Crippen LogP contribution in [0.3, 0.4) is 0 Å². The molecule has 0 aromatic heterocycles. The standard InChI is InChI=1S/C20H20F2N2O3/c1-14(25)24(2)13-16-8-3-5-9-17(16)23-19(26)12-11-15-7-4-6-10-18(15)27-20(21)22/h3-12,20H,13H2,1-2H3,(H,23,26)/b12-11+. The van der Waals surface area contributed by atoms with Gasteiger partial charge in [0.25, 0.3) is 0 Å². The van der Waals surface area contributed by atoms with E-state index in [1.165, 1.54) is 30.0 Å². The summed E-state index contributed by atoms with van der Waals surface area (Å²) < 4.78 is 29.3. The van der Waals surface area contributed by atoms with Crippen molar-refractivity contribution in [2.24, 2.45) is 0 Å². The normalized spacial score (nSPS) is 10.9. The molecule has 0 aliphatic heterocycles. The van der Waals surface area contributed by atoms with Crippen LogP contribution < -0.4 is 10.1 Å². The molecule has 27 heavy (non-hydrogen) atoms. The lowest BCUT2D eigenvalue weighted by atomic mass is 10.1. The monoisotopic (exact) mass is 374 g/mol. The van der Waals surface area contributed by atoms with Crippen LogP contribution in [-0.4, -0.2) is 30.4 Å². The summed E-state index contributed by atoms with van der Waals surface area (Å²) >= 11 is 0. The number of carbonyl (C=O) groups excluding carboxylic acids is 2. The molecule has 0 spiro atoms. The summed E-state index contributed by atoms with van der Waals surface area (Å²) in [5, 5.41) is 2.73. The molecule has 0 heterocycles. The smallest absolute Gasteiger partial charge is 0.387 e. The Kier molecular flexibility index (Phi) is 7.05. The zero-order valence-electron chi connectivity index (χ0n) is 15.0. The fraction of sp³-hybridized carbons (Fsp3) is 0.200. The number of rotatable bonds is 7. The van der Waals surface area contributed by atoms with Gasteiger partial charge in [-0.05, 0) is 23.8 Å². The fourth-order valence-electron chi connectivity index (χ4n) is 2.31. The second-order valence-corrected chi connectivity index (χ2v) is 5.77. The van der Waals surface area contributed by atoms with Crippen molar-refractivity contribution in [3.8, 4) is 5.75 Å². The average Bonchev–Trinajstić information content (AvgIpc) is 2.62. The Morgan fingerprint density at radius 3 is 2.52 bits per heavy atom. The van der Waals surface area contributed by atoms with E-state index in [1.54, 1.807) is 37.4 Å². The molecule has 1 N–H and O–H groups in total. The van der Waals surface area contributed by atoms with Crippen LogP contribution in [-0.2, 0) is 16.1 Å². The van der Waals surface area contributed by atoms with Gasteiger partial charge in [0, 0.05) is 37.8 Å². The first-order valence-electron chi connectivity index (χ1n) is 8.19. The third kappa shape index (κ3) is 6.22. The molecule has 2 aromatic rings. The molecule has 7 heteroatoms. The van der Waals surface area contributed by atoms with Gasteiger partial charge in [-0.3, -0.25) is 9.59 Å². The minimum atomic E-state index is -2.95. The predicted octanol–water partition coefficient (Wildman–Crippen LogP) is 3.92. The molecule has 2 amide bonds. The molecule has 0 aliphatic carbocycles. The highest BCUT2D eigenvalue weighted by Crippen LogP contribution is 2.22. The highest BCUT2D eigenvalue weighted by molar-refractivity contribution is 6.02. The summed E-state index contributed by atoms with van der Waals surface area (Å²) in [6.45, 7) is -1.14. The Labute approximate surface area is 156 Å². The number of carbonyl (C=O) groups is 2. The van der Waals surface area contributed by atoms with Gasteiger partial charge in [0.2, 0.25) is 11.8 Å². The topological polar surface area (TPSA) is 58.6 Å². The van der Waals surface area contributed by atoms with Crippen molar-refractivity contribution in [2.75, 3.05) is 12.4 Å². The summed E-state index contributed by atoms with van der Waals surface area (Å²) in [6.07, 6.45) is 2.64. The summed E-state index contributed by atoms with van der Waals surface area (Å²) in [7, 11) is 1.67. The maximum atomic E-state index is 12.4. The Morgan fingerprint density at radius 1 is 1.15 bits per heavy atom. The van der Waals surface area contributed by atoms with E-state index in [4.69, 9.17) is 0 Å². The number of anilines is 1. The van der Waals surface area contributed by atoms with Crippen molar-refractivity contribution in [3.05, 3.63) is 65.7 Å². The number of amides is 2. The SMILES string of the molecule is CC(=O)N(C)Cc1ccccc1NC(=O)/C=C/c1ccccc1OC(F)F. The zero-order chi connectivity index (χ0) is 19.8. The van der Waals surface area contributed by atoms with Gasteiger partial charge < -0.3 is 15.0 Å². The van der Waals surface area contributed by atoms with Crippen LogP contribution in [0, 0.1) is 0 Å². The predicted molar refractivity (Wildman–Crippen MR) is 99.3 cm³/mol. The summed E-state index contributed by atoms with van der Waals surface area (Å²) in [5.74, 6) is -0.536. The number of nitrogens with zero attached hydrogens (tertiary/aromatic N) is 1. The first kappa shape index (κ1) is 20.1. The molecular weight excluding hydrogens is 354 g/mol. The van der Waals surface area contributed by atoms with E-state index in [-0.39, 0.29) is 11.7 Å². The number of alkyl halides is 2. The lowest BCUT2D eigenvalue weighted by Crippen LogP contribution is -2.24. The lowest BCUT2D eigenvalue weighted by Gasteiger charge is -2.17. The van der Waals surface area contributed by atoms with Crippen molar-refractivity contribution in [1.82, 2.24) is 4.90 Å². The highest BCUT2D eigenvalue weighted by Gasteiger charge is 2.10. The maximum Gasteiger partial charge on any atom is 0.387 e.